The van der Waals surface area contributed by atoms with Crippen molar-refractivity contribution in [3.63, 3.8) is 0 Å². The third-order valence-corrected chi connectivity index (χ3v) is 4.32. The van der Waals surface area contributed by atoms with E-state index in [1.54, 1.807) is 0 Å². The highest BCUT2D eigenvalue weighted by molar-refractivity contribution is 5.87. The van der Waals surface area contributed by atoms with E-state index in [9.17, 15) is 19.2 Å². The maximum Gasteiger partial charge on any atom is 0.407 e. The van der Waals surface area contributed by atoms with Crippen molar-refractivity contribution < 1.29 is 38.1 Å². The van der Waals surface area contributed by atoms with E-state index in [0.29, 0.717) is 13.1 Å². The third-order valence-electron chi connectivity index (χ3n) is 4.32. The van der Waals surface area contributed by atoms with Crippen molar-refractivity contribution in [2.24, 2.45) is 11.3 Å². The van der Waals surface area contributed by atoms with Gasteiger partial charge in [0.25, 0.3) is 0 Å². The molecule has 2 amide bonds. The summed E-state index contributed by atoms with van der Waals surface area (Å²) in [6, 6.07) is 0. The van der Waals surface area contributed by atoms with E-state index in [1.165, 1.54) is 13.8 Å². The molecule has 0 saturated carbocycles. The first-order valence-electron chi connectivity index (χ1n) is 10.8. The number of amides is 2. The lowest BCUT2D eigenvalue weighted by atomic mass is 9.82. The summed E-state index contributed by atoms with van der Waals surface area (Å²) in [6.07, 6.45) is 0.366. The zero-order chi connectivity index (χ0) is 25.4. The largest absolute Gasteiger partial charge is 0.459 e. The molecule has 0 fully saturated rings. The van der Waals surface area contributed by atoms with Gasteiger partial charge in [-0.1, -0.05) is 33.9 Å². The Hall–Kier alpha value is -3.04. The van der Waals surface area contributed by atoms with E-state index < -0.39 is 24.1 Å². The van der Waals surface area contributed by atoms with Crippen LogP contribution in [0.5, 0.6) is 0 Å². The Labute approximate surface area is 196 Å². The predicted octanol–water partition coefficient (Wildman–Crippen LogP) is 3.12. The highest BCUT2D eigenvalue weighted by atomic mass is 16.6. The number of hydrogen-bond donors (Lipinski definition) is 2. The van der Waals surface area contributed by atoms with Crippen LogP contribution in [0.25, 0.3) is 0 Å². The maximum absolute atomic E-state index is 11.8. The Kier molecular flexibility index (Phi) is 14.3. The number of esters is 2. The van der Waals surface area contributed by atoms with Gasteiger partial charge in [0.05, 0.1) is 0 Å². The molecule has 2 N–H and O–H groups in total. The van der Waals surface area contributed by atoms with Crippen LogP contribution in [0.2, 0.25) is 0 Å². The molecule has 0 bridgehead atoms. The molecule has 0 aromatic carbocycles. The molecule has 0 unspecified atom stereocenters. The Bertz CT molecular complexity index is 703. The molecular weight excluding hydrogens is 432 g/mol. The summed E-state index contributed by atoms with van der Waals surface area (Å²) in [7, 11) is 0. The number of alkyl carbamates (subject to hydrolysis) is 2. The van der Waals surface area contributed by atoms with Crippen LogP contribution in [0.4, 0.5) is 9.59 Å². The lowest BCUT2D eigenvalue weighted by Gasteiger charge is -2.28. The average Bonchev–Trinajstić information content (AvgIpc) is 2.71. The third kappa shape index (κ3) is 16.3. The van der Waals surface area contributed by atoms with Crippen LogP contribution in [0.1, 0.15) is 47.5 Å². The van der Waals surface area contributed by atoms with Gasteiger partial charge in [0.15, 0.2) is 0 Å². The lowest BCUT2D eigenvalue weighted by Crippen LogP contribution is -2.36. The Morgan fingerprint density at radius 2 is 1.21 bits per heavy atom. The van der Waals surface area contributed by atoms with Gasteiger partial charge in [-0.15, -0.1) is 0 Å². The SMILES string of the molecule is C=C(C)C(=O)OCCOC(=O)NCC[C@@H](C)CC(C)(C)CNC(=O)OCCOC(=O)C(=C)C. The van der Waals surface area contributed by atoms with Crippen LogP contribution < -0.4 is 10.6 Å². The van der Waals surface area contributed by atoms with Crippen LogP contribution in [0.3, 0.4) is 0 Å². The Morgan fingerprint density at radius 3 is 1.67 bits per heavy atom. The minimum Gasteiger partial charge on any atom is -0.459 e. The predicted molar refractivity (Wildman–Crippen MR) is 122 cm³/mol. The normalized spacial score (nSPS) is 11.5. The monoisotopic (exact) mass is 470 g/mol. The summed E-state index contributed by atoms with van der Waals surface area (Å²) in [4.78, 5) is 45.9. The van der Waals surface area contributed by atoms with Gasteiger partial charge in [0.2, 0.25) is 0 Å². The van der Waals surface area contributed by atoms with E-state index in [4.69, 9.17) is 18.9 Å². The van der Waals surface area contributed by atoms with Gasteiger partial charge in [-0.05, 0) is 38.0 Å². The van der Waals surface area contributed by atoms with E-state index in [2.05, 4.69) is 30.7 Å². The van der Waals surface area contributed by atoms with Gasteiger partial charge >= 0.3 is 24.1 Å². The second kappa shape index (κ2) is 15.7. The molecule has 0 aromatic rings. The molecule has 0 heterocycles. The van der Waals surface area contributed by atoms with Crippen molar-refractivity contribution in [1.29, 1.82) is 0 Å². The molecule has 33 heavy (non-hydrogen) atoms. The molecule has 0 aromatic heterocycles. The van der Waals surface area contributed by atoms with Gasteiger partial charge in [-0.3, -0.25) is 0 Å². The average molecular weight is 471 g/mol. The first-order valence-corrected chi connectivity index (χ1v) is 10.8. The van der Waals surface area contributed by atoms with E-state index in [1.807, 2.05) is 13.8 Å². The molecular formula is C23H38N2O8. The summed E-state index contributed by atoms with van der Waals surface area (Å²) in [5.74, 6) is -0.778. The zero-order valence-corrected chi connectivity index (χ0v) is 20.4. The molecule has 1 atom stereocenters. The van der Waals surface area contributed by atoms with Crippen LogP contribution in [-0.4, -0.2) is 63.6 Å². The van der Waals surface area contributed by atoms with Crippen molar-refractivity contribution in [3.8, 4) is 0 Å². The number of carbonyl (C=O) groups is 4. The Morgan fingerprint density at radius 1 is 0.788 bits per heavy atom. The van der Waals surface area contributed by atoms with E-state index >= 15 is 0 Å². The van der Waals surface area contributed by atoms with Crippen molar-refractivity contribution in [2.45, 2.75) is 47.5 Å². The van der Waals surface area contributed by atoms with E-state index in [0.717, 1.165) is 12.8 Å². The summed E-state index contributed by atoms with van der Waals surface area (Å²) >= 11 is 0. The van der Waals surface area contributed by atoms with Crippen LogP contribution in [-0.2, 0) is 28.5 Å². The molecule has 0 radical (unpaired) electrons. The molecule has 10 heteroatoms. The van der Waals surface area contributed by atoms with Crippen LogP contribution >= 0.6 is 0 Å². The first-order chi connectivity index (χ1) is 15.3. The molecule has 0 aliphatic carbocycles. The fourth-order valence-corrected chi connectivity index (χ4v) is 2.74. The second-order valence-electron chi connectivity index (χ2n) is 8.65. The Balaban J connectivity index is 3.96. The van der Waals surface area contributed by atoms with Crippen molar-refractivity contribution in [2.75, 3.05) is 39.5 Å². The fourth-order valence-electron chi connectivity index (χ4n) is 2.74. The summed E-state index contributed by atoms with van der Waals surface area (Å²) < 4.78 is 19.6. The summed E-state index contributed by atoms with van der Waals surface area (Å²) in [5.41, 5.74) is 0.368. The standard InChI is InChI=1S/C23H38N2O8/c1-16(2)19(26)30-10-12-32-21(28)24-9-8-18(5)14-23(6,7)15-25-22(29)33-13-11-31-20(27)17(3)4/h18H,1,3,8-15H2,2,4-7H3,(H,24,28)(H,25,29)/t18-/m1/s1. The lowest BCUT2D eigenvalue weighted by molar-refractivity contribution is -0.140. The fraction of sp³-hybridized carbons (Fsp3) is 0.652. The van der Waals surface area contributed by atoms with Gasteiger partial charge in [-0.2, -0.15) is 0 Å². The van der Waals surface area contributed by atoms with Crippen LogP contribution in [0.15, 0.2) is 24.3 Å². The molecule has 0 aliphatic heterocycles. The number of ether oxygens (including phenoxy) is 4. The topological polar surface area (TPSA) is 129 Å². The van der Waals surface area contributed by atoms with Crippen molar-refractivity contribution in [1.82, 2.24) is 10.6 Å². The number of rotatable bonds is 15. The van der Waals surface area contributed by atoms with Crippen molar-refractivity contribution in [3.05, 3.63) is 24.3 Å². The minimum absolute atomic E-state index is 0.0290. The zero-order valence-electron chi connectivity index (χ0n) is 20.4. The minimum atomic E-state index is -0.583. The molecule has 188 valence electrons. The molecule has 0 aliphatic rings. The maximum atomic E-state index is 11.8. The molecule has 0 rings (SSSR count). The van der Waals surface area contributed by atoms with E-state index in [-0.39, 0.29) is 48.9 Å². The number of carbonyl (C=O) groups excluding carboxylic acids is 4. The van der Waals surface area contributed by atoms with Crippen LogP contribution in [0, 0.1) is 11.3 Å². The molecule has 10 nitrogen and oxygen atoms in total. The molecule has 0 saturated heterocycles. The van der Waals surface area contributed by atoms with Gasteiger partial charge < -0.3 is 29.6 Å². The van der Waals surface area contributed by atoms with Gasteiger partial charge in [-0.25, -0.2) is 19.2 Å². The summed E-state index contributed by atoms with van der Waals surface area (Å²) in [6.45, 7) is 16.8. The quantitative estimate of drug-likeness (QED) is 0.162. The first kappa shape index (κ1) is 30.0. The smallest absolute Gasteiger partial charge is 0.407 e. The highest BCUT2D eigenvalue weighted by Crippen LogP contribution is 2.26. The van der Waals surface area contributed by atoms with Crippen molar-refractivity contribution >= 4 is 24.1 Å². The second-order valence-corrected chi connectivity index (χ2v) is 8.65. The summed E-state index contributed by atoms with van der Waals surface area (Å²) in [5, 5.41) is 5.36. The van der Waals surface area contributed by atoms with Gasteiger partial charge in [0, 0.05) is 24.2 Å². The molecule has 0 spiro atoms. The number of hydrogen-bond acceptors (Lipinski definition) is 8. The highest BCUT2D eigenvalue weighted by Gasteiger charge is 2.22. The number of nitrogens with one attached hydrogen (secondary N) is 2. The van der Waals surface area contributed by atoms with Gasteiger partial charge in [0.1, 0.15) is 26.4 Å².